The Hall–Kier alpha value is -2.50. The number of rotatable bonds is 5. The molecule has 0 unspecified atom stereocenters. The molecule has 0 aliphatic rings. The van der Waals surface area contributed by atoms with Gasteiger partial charge in [0.1, 0.15) is 5.75 Å². The third kappa shape index (κ3) is 4.18. The van der Waals surface area contributed by atoms with Gasteiger partial charge in [-0.2, -0.15) is 0 Å². The van der Waals surface area contributed by atoms with Gasteiger partial charge in [0.15, 0.2) is 5.82 Å². The SMILES string of the molecule is COc1cccc(CC(=O)Nc2cc(C)n(-c3ccc(Cl)c(Cl)c3)n2)c1. The fraction of sp³-hybridized carbons (Fsp3) is 0.158. The van der Waals surface area contributed by atoms with Gasteiger partial charge in [0.2, 0.25) is 5.91 Å². The predicted octanol–water partition coefficient (Wildman–Crippen LogP) is 4.68. The Morgan fingerprint density at radius 3 is 2.69 bits per heavy atom. The number of benzene rings is 2. The molecule has 2 aromatic carbocycles. The number of halogens is 2. The lowest BCUT2D eigenvalue weighted by Crippen LogP contribution is -2.15. The molecule has 0 bridgehead atoms. The topological polar surface area (TPSA) is 56.1 Å². The molecule has 0 fully saturated rings. The van der Waals surface area contributed by atoms with Crippen LogP contribution in [0.25, 0.3) is 5.69 Å². The van der Waals surface area contributed by atoms with Crippen molar-refractivity contribution in [1.82, 2.24) is 9.78 Å². The van der Waals surface area contributed by atoms with Crippen molar-refractivity contribution in [3.05, 3.63) is 69.8 Å². The lowest BCUT2D eigenvalue weighted by Gasteiger charge is -2.06. The highest BCUT2D eigenvalue weighted by atomic mass is 35.5. The van der Waals surface area contributed by atoms with Crippen molar-refractivity contribution in [2.75, 3.05) is 12.4 Å². The number of carbonyl (C=O) groups is 1. The summed E-state index contributed by atoms with van der Waals surface area (Å²) in [5, 5.41) is 8.16. The van der Waals surface area contributed by atoms with E-state index >= 15 is 0 Å². The molecule has 1 amide bonds. The molecular weight excluding hydrogens is 373 g/mol. The van der Waals surface area contributed by atoms with Gasteiger partial charge < -0.3 is 10.1 Å². The number of hydrogen-bond donors (Lipinski definition) is 1. The largest absolute Gasteiger partial charge is 0.497 e. The van der Waals surface area contributed by atoms with E-state index in [4.69, 9.17) is 27.9 Å². The van der Waals surface area contributed by atoms with E-state index in [2.05, 4.69) is 10.4 Å². The van der Waals surface area contributed by atoms with Crippen LogP contribution in [0.2, 0.25) is 10.0 Å². The van der Waals surface area contributed by atoms with E-state index in [0.717, 1.165) is 22.7 Å². The lowest BCUT2D eigenvalue weighted by atomic mass is 10.1. The Labute approximate surface area is 161 Å². The number of hydrogen-bond acceptors (Lipinski definition) is 3. The number of amides is 1. The first-order valence-electron chi connectivity index (χ1n) is 7.91. The molecule has 26 heavy (non-hydrogen) atoms. The molecule has 1 N–H and O–H groups in total. The number of carbonyl (C=O) groups excluding carboxylic acids is 1. The van der Waals surface area contributed by atoms with Gasteiger partial charge in [-0.1, -0.05) is 35.3 Å². The molecule has 0 spiro atoms. The molecule has 0 saturated heterocycles. The number of nitrogens with zero attached hydrogens (tertiary/aromatic N) is 2. The quantitative estimate of drug-likeness (QED) is 0.689. The zero-order chi connectivity index (χ0) is 18.7. The van der Waals surface area contributed by atoms with Gasteiger partial charge in [-0.3, -0.25) is 4.79 Å². The van der Waals surface area contributed by atoms with Crippen LogP contribution >= 0.6 is 23.2 Å². The van der Waals surface area contributed by atoms with Crippen molar-refractivity contribution >= 4 is 34.9 Å². The number of aryl methyl sites for hydroxylation is 1. The Balaban J connectivity index is 1.74. The van der Waals surface area contributed by atoms with E-state index < -0.39 is 0 Å². The molecule has 5 nitrogen and oxygen atoms in total. The molecule has 0 atom stereocenters. The molecular formula is C19H17Cl2N3O2. The first-order chi connectivity index (χ1) is 12.5. The van der Waals surface area contributed by atoms with Gasteiger partial charge in [-0.05, 0) is 42.8 Å². The molecule has 134 valence electrons. The monoisotopic (exact) mass is 389 g/mol. The number of anilines is 1. The second-order valence-electron chi connectivity index (χ2n) is 5.76. The lowest BCUT2D eigenvalue weighted by molar-refractivity contribution is -0.115. The summed E-state index contributed by atoms with van der Waals surface area (Å²) in [6.07, 6.45) is 0.232. The third-order valence-corrected chi connectivity index (χ3v) is 4.54. The van der Waals surface area contributed by atoms with Crippen LogP contribution in [0.15, 0.2) is 48.5 Å². The number of methoxy groups -OCH3 is 1. The van der Waals surface area contributed by atoms with Crippen LogP contribution in [-0.4, -0.2) is 22.8 Å². The van der Waals surface area contributed by atoms with Crippen molar-refractivity contribution < 1.29 is 9.53 Å². The Morgan fingerprint density at radius 1 is 1.15 bits per heavy atom. The van der Waals surface area contributed by atoms with Gasteiger partial charge in [0, 0.05) is 11.8 Å². The van der Waals surface area contributed by atoms with Crippen molar-refractivity contribution in [3.63, 3.8) is 0 Å². The highest BCUT2D eigenvalue weighted by Gasteiger charge is 2.11. The predicted molar refractivity (Wildman–Crippen MR) is 104 cm³/mol. The van der Waals surface area contributed by atoms with Crippen LogP contribution in [0.3, 0.4) is 0 Å². The molecule has 0 aliphatic heterocycles. The zero-order valence-corrected chi connectivity index (χ0v) is 15.8. The first-order valence-corrected chi connectivity index (χ1v) is 8.67. The van der Waals surface area contributed by atoms with E-state index in [1.807, 2.05) is 37.3 Å². The van der Waals surface area contributed by atoms with Crippen molar-refractivity contribution in [1.29, 1.82) is 0 Å². The van der Waals surface area contributed by atoms with E-state index in [1.54, 1.807) is 30.0 Å². The Kier molecular flexibility index (Phi) is 5.49. The van der Waals surface area contributed by atoms with Crippen LogP contribution in [0, 0.1) is 6.92 Å². The van der Waals surface area contributed by atoms with Gasteiger partial charge in [0.25, 0.3) is 0 Å². The van der Waals surface area contributed by atoms with E-state index in [0.29, 0.717) is 15.9 Å². The van der Waals surface area contributed by atoms with Crippen molar-refractivity contribution in [2.45, 2.75) is 13.3 Å². The summed E-state index contributed by atoms with van der Waals surface area (Å²) in [7, 11) is 1.59. The van der Waals surface area contributed by atoms with E-state index in [1.165, 1.54) is 0 Å². The zero-order valence-electron chi connectivity index (χ0n) is 14.3. The second kappa shape index (κ2) is 7.81. The smallest absolute Gasteiger partial charge is 0.229 e. The average Bonchev–Trinajstić information content (AvgIpc) is 2.97. The van der Waals surface area contributed by atoms with Crippen molar-refractivity contribution in [3.8, 4) is 11.4 Å². The summed E-state index contributed by atoms with van der Waals surface area (Å²) in [6, 6.07) is 14.4. The van der Waals surface area contributed by atoms with Crippen molar-refractivity contribution in [2.24, 2.45) is 0 Å². The van der Waals surface area contributed by atoms with Gasteiger partial charge in [0.05, 0.1) is 29.3 Å². The van der Waals surface area contributed by atoms with Crippen LogP contribution in [-0.2, 0) is 11.2 Å². The standard InChI is InChI=1S/C19H17Cl2N3O2/c1-12-8-18(23-24(12)14-6-7-16(20)17(21)11-14)22-19(25)10-13-4-3-5-15(9-13)26-2/h3-9,11H,10H2,1-2H3,(H,22,23,25). The summed E-state index contributed by atoms with van der Waals surface area (Å²) in [5.74, 6) is 1.04. The second-order valence-corrected chi connectivity index (χ2v) is 6.57. The van der Waals surface area contributed by atoms with Gasteiger partial charge >= 0.3 is 0 Å². The fourth-order valence-electron chi connectivity index (χ4n) is 2.57. The number of aromatic nitrogens is 2. The Bertz CT molecular complexity index is 954. The molecule has 0 aliphatic carbocycles. The summed E-state index contributed by atoms with van der Waals surface area (Å²) in [6.45, 7) is 1.90. The van der Waals surface area contributed by atoms with E-state index in [-0.39, 0.29) is 12.3 Å². The van der Waals surface area contributed by atoms with Gasteiger partial charge in [-0.15, -0.1) is 5.10 Å². The number of ether oxygens (including phenoxy) is 1. The molecule has 1 aromatic heterocycles. The van der Waals surface area contributed by atoms with Crippen LogP contribution in [0.5, 0.6) is 5.75 Å². The minimum absolute atomic E-state index is 0.156. The van der Waals surface area contributed by atoms with Crippen LogP contribution in [0.4, 0.5) is 5.82 Å². The number of nitrogens with one attached hydrogen (secondary N) is 1. The highest BCUT2D eigenvalue weighted by molar-refractivity contribution is 6.42. The average molecular weight is 390 g/mol. The van der Waals surface area contributed by atoms with E-state index in [9.17, 15) is 4.79 Å². The molecule has 7 heteroatoms. The Morgan fingerprint density at radius 2 is 1.96 bits per heavy atom. The maximum Gasteiger partial charge on any atom is 0.229 e. The summed E-state index contributed by atoms with van der Waals surface area (Å²) in [5.41, 5.74) is 2.49. The summed E-state index contributed by atoms with van der Waals surface area (Å²) in [4.78, 5) is 12.3. The molecule has 0 radical (unpaired) electrons. The minimum Gasteiger partial charge on any atom is -0.497 e. The highest BCUT2D eigenvalue weighted by Crippen LogP contribution is 2.25. The fourth-order valence-corrected chi connectivity index (χ4v) is 2.86. The van der Waals surface area contributed by atoms with Gasteiger partial charge in [-0.25, -0.2) is 4.68 Å². The van der Waals surface area contributed by atoms with Crippen LogP contribution in [0.1, 0.15) is 11.3 Å². The maximum atomic E-state index is 12.3. The first kappa shape index (κ1) is 18.3. The summed E-state index contributed by atoms with van der Waals surface area (Å²) < 4.78 is 6.87. The minimum atomic E-state index is -0.156. The normalized spacial score (nSPS) is 10.6. The maximum absolute atomic E-state index is 12.3. The molecule has 0 saturated carbocycles. The molecule has 3 rings (SSSR count). The third-order valence-electron chi connectivity index (χ3n) is 3.80. The molecule has 1 heterocycles. The summed E-state index contributed by atoms with van der Waals surface area (Å²) >= 11 is 12.0. The van der Waals surface area contributed by atoms with Crippen LogP contribution < -0.4 is 10.1 Å². The molecule has 3 aromatic rings.